The summed E-state index contributed by atoms with van der Waals surface area (Å²) in [5.74, 6) is -12.7. The lowest BCUT2D eigenvalue weighted by atomic mass is 9.97. The first kappa shape index (κ1) is 17.2. The number of benzene rings is 1. The summed E-state index contributed by atoms with van der Waals surface area (Å²) in [5, 5.41) is 11.0. The Labute approximate surface area is 117 Å². The quantitative estimate of drug-likeness (QED) is 0.480. The Morgan fingerprint density at radius 2 is 1.43 bits per heavy atom. The van der Waals surface area contributed by atoms with Crippen molar-refractivity contribution in [3.05, 3.63) is 29.1 Å². The van der Waals surface area contributed by atoms with Crippen LogP contribution in [0.1, 0.15) is 20.3 Å². The van der Waals surface area contributed by atoms with Gasteiger partial charge in [-0.3, -0.25) is 4.79 Å². The molecule has 1 atom stereocenters. The maximum absolute atomic E-state index is 13.4. The molecular formula is C13H14F5NO2. The van der Waals surface area contributed by atoms with Gasteiger partial charge in [0, 0.05) is 6.54 Å². The van der Waals surface area contributed by atoms with Gasteiger partial charge in [0.15, 0.2) is 23.3 Å². The summed E-state index contributed by atoms with van der Waals surface area (Å²) in [4.78, 5) is 11.0. The Morgan fingerprint density at radius 3 is 1.81 bits per heavy atom. The number of rotatable bonds is 6. The highest BCUT2D eigenvalue weighted by Crippen LogP contribution is 2.27. The maximum Gasteiger partial charge on any atom is 0.308 e. The largest absolute Gasteiger partial charge is 0.481 e. The van der Waals surface area contributed by atoms with Crippen LogP contribution in [0.4, 0.5) is 27.6 Å². The highest BCUT2D eigenvalue weighted by Gasteiger charge is 2.27. The van der Waals surface area contributed by atoms with Crippen LogP contribution in [0, 0.1) is 40.9 Å². The van der Waals surface area contributed by atoms with E-state index < -0.39 is 53.2 Å². The van der Waals surface area contributed by atoms with Gasteiger partial charge in [0.2, 0.25) is 5.82 Å². The molecule has 2 N–H and O–H groups in total. The van der Waals surface area contributed by atoms with Gasteiger partial charge in [-0.25, -0.2) is 22.0 Å². The fourth-order valence-corrected chi connectivity index (χ4v) is 1.83. The van der Waals surface area contributed by atoms with Crippen LogP contribution in [0.3, 0.4) is 0 Å². The lowest BCUT2D eigenvalue weighted by molar-refractivity contribution is -0.141. The molecule has 0 spiro atoms. The third-order valence-corrected chi connectivity index (χ3v) is 2.84. The topological polar surface area (TPSA) is 49.3 Å². The van der Waals surface area contributed by atoms with Gasteiger partial charge < -0.3 is 10.4 Å². The summed E-state index contributed by atoms with van der Waals surface area (Å²) in [5.41, 5.74) is -1.22. The van der Waals surface area contributed by atoms with Crippen molar-refractivity contribution in [1.29, 1.82) is 0 Å². The van der Waals surface area contributed by atoms with Crippen LogP contribution in [0.2, 0.25) is 0 Å². The molecule has 0 saturated heterocycles. The zero-order chi connectivity index (χ0) is 16.3. The molecule has 0 amide bonds. The van der Waals surface area contributed by atoms with Crippen LogP contribution in [-0.2, 0) is 4.79 Å². The fourth-order valence-electron chi connectivity index (χ4n) is 1.83. The van der Waals surface area contributed by atoms with Gasteiger partial charge >= 0.3 is 5.97 Å². The van der Waals surface area contributed by atoms with Gasteiger partial charge in [0.1, 0.15) is 5.69 Å². The second-order valence-corrected chi connectivity index (χ2v) is 4.99. The molecule has 1 aromatic carbocycles. The summed E-state index contributed by atoms with van der Waals surface area (Å²) in [6, 6.07) is 0. The summed E-state index contributed by atoms with van der Waals surface area (Å²) >= 11 is 0. The molecule has 0 saturated carbocycles. The van der Waals surface area contributed by atoms with E-state index in [1.165, 1.54) is 0 Å². The minimum Gasteiger partial charge on any atom is -0.481 e. The Morgan fingerprint density at radius 1 is 1.00 bits per heavy atom. The first-order chi connectivity index (χ1) is 9.66. The van der Waals surface area contributed by atoms with E-state index in [9.17, 15) is 26.7 Å². The van der Waals surface area contributed by atoms with E-state index in [1.54, 1.807) is 13.8 Å². The summed E-state index contributed by atoms with van der Waals surface area (Å²) in [6.45, 7) is 3.04. The third kappa shape index (κ3) is 3.83. The number of carbonyl (C=O) groups is 1. The number of hydrogen-bond donors (Lipinski definition) is 2. The molecule has 0 aliphatic carbocycles. The van der Waals surface area contributed by atoms with Crippen LogP contribution >= 0.6 is 0 Å². The van der Waals surface area contributed by atoms with Gasteiger partial charge in [0.25, 0.3) is 0 Å². The lowest BCUT2D eigenvalue weighted by Gasteiger charge is -2.17. The third-order valence-electron chi connectivity index (χ3n) is 2.84. The second-order valence-electron chi connectivity index (χ2n) is 4.99. The number of halogens is 5. The zero-order valence-electron chi connectivity index (χ0n) is 11.3. The van der Waals surface area contributed by atoms with Crippen LogP contribution in [0.25, 0.3) is 0 Å². The van der Waals surface area contributed by atoms with Gasteiger partial charge in [-0.15, -0.1) is 0 Å². The van der Waals surface area contributed by atoms with Crippen molar-refractivity contribution in [3.63, 3.8) is 0 Å². The van der Waals surface area contributed by atoms with E-state index in [-0.39, 0.29) is 12.3 Å². The molecule has 0 aliphatic heterocycles. The first-order valence-electron chi connectivity index (χ1n) is 6.14. The predicted molar refractivity (Wildman–Crippen MR) is 65.3 cm³/mol. The highest BCUT2D eigenvalue weighted by atomic mass is 19.2. The van der Waals surface area contributed by atoms with Crippen molar-refractivity contribution in [2.24, 2.45) is 11.8 Å². The number of aliphatic carboxylic acids is 1. The van der Waals surface area contributed by atoms with Crippen molar-refractivity contribution in [3.8, 4) is 0 Å². The van der Waals surface area contributed by atoms with E-state index in [2.05, 4.69) is 0 Å². The monoisotopic (exact) mass is 311 g/mol. The predicted octanol–water partition coefficient (Wildman–Crippen LogP) is 3.54. The Bertz CT molecular complexity index is 519. The highest BCUT2D eigenvalue weighted by molar-refractivity contribution is 5.71. The number of hydrogen-bond acceptors (Lipinski definition) is 2. The summed E-state index contributed by atoms with van der Waals surface area (Å²) in [7, 11) is 0. The van der Waals surface area contributed by atoms with E-state index in [1.807, 2.05) is 5.32 Å². The molecule has 0 fully saturated rings. The van der Waals surface area contributed by atoms with Crippen molar-refractivity contribution < 1.29 is 31.9 Å². The molecule has 0 bridgehead atoms. The lowest BCUT2D eigenvalue weighted by Crippen LogP contribution is -2.25. The van der Waals surface area contributed by atoms with Gasteiger partial charge in [0.05, 0.1) is 5.92 Å². The maximum atomic E-state index is 13.4. The average Bonchev–Trinajstić information content (AvgIpc) is 2.41. The van der Waals surface area contributed by atoms with E-state index in [0.717, 1.165) is 0 Å². The van der Waals surface area contributed by atoms with Crippen LogP contribution < -0.4 is 5.32 Å². The number of anilines is 1. The van der Waals surface area contributed by atoms with Crippen molar-refractivity contribution in [2.75, 3.05) is 11.9 Å². The Hall–Kier alpha value is -1.86. The molecule has 0 aliphatic rings. The molecule has 1 rings (SSSR count). The zero-order valence-corrected chi connectivity index (χ0v) is 11.3. The van der Waals surface area contributed by atoms with Crippen LogP contribution in [-0.4, -0.2) is 17.6 Å². The molecule has 1 aromatic rings. The number of carboxylic acid groups (broad SMARTS) is 1. The molecule has 3 nitrogen and oxygen atoms in total. The van der Waals surface area contributed by atoms with Gasteiger partial charge in [-0.05, 0) is 12.3 Å². The summed E-state index contributed by atoms with van der Waals surface area (Å²) in [6.07, 6.45) is 0.192. The minimum atomic E-state index is -2.26. The Balaban J connectivity index is 3.00. The molecule has 8 heteroatoms. The molecule has 0 heterocycles. The molecule has 0 radical (unpaired) electrons. The molecular weight excluding hydrogens is 297 g/mol. The SMILES string of the molecule is CC(C)CC(CNc1c(F)c(F)c(F)c(F)c1F)C(=O)O. The van der Waals surface area contributed by atoms with Gasteiger partial charge in [-0.1, -0.05) is 13.8 Å². The molecule has 21 heavy (non-hydrogen) atoms. The molecule has 0 aromatic heterocycles. The normalized spacial score (nSPS) is 12.6. The van der Waals surface area contributed by atoms with E-state index in [4.69, 9.17) is 5.11 Å². The number of carboxylic acids is 1. The van der Waals surface area contributed by atoms with Crippen molar-refractivity contribution in [2.45, 2.75) is 20.3 Å². The fraction of sp³-hybridized carbons (Fsp3) is 0.462. The van der Waals surface area contributed by atoms with E-state index >= 15 is 0 Å². The van der Waals surface area contributed by atoms with Crippen molar-refractivity contribution in [1.82, 2.24) is 0 Å². The summed E-state index contributed by atoms with van der Waals surface area (Å²) < 4.78 is 65.6. The second kappa shape index (κ2) is 6.73. The van der Waals surface area contributed by atoms with Gasteiger partial charge in [-0.2, -0.15) is 0 Å². The average molecular weight is 311 g/mol. The Kier molecular flexibility index (Phi) is 5.51. The number of nitrogens with one attached hydrogen (secondary N) is 1. The molecule has 118 valence electrons. The first-order valence-corrected chi connectivity index (χ1v) is 6.14. The standard InChI is InChI=1S/C13H14F5NO2/c1-5(2)3-6(13(20)21)4-19-12-10(17)8(15)7(14)9(16)11(12)18/h5-6,19H,3-4H2,1-2H3,(H,20,21). The minimum absolute atomic E-state index is 0.00992. The molecule has 1 unspecified atom stereocenters. The van der Waals surface area contributed by atoms with Crippen LogP contribution in [0.5, 0.6) is 0 Å². The van der Waals surface area contributed by atoms with Crippen molar-refractivity contribution >= 4 is 11.7 Å². The van der Waals surface area contributed by atoms with Crippen LogP contribution in [0.15, 0.2) is 0 Å². The smallest absolute Gasteiger partial charge is 0.308 e. The van der Waals surface area contributed by atoms with E-state index in [0.29, 0.717) is 0 Å².